The van der Waals surface area contributed by atoms with Crippen molar-refractivity contribution < 1.29 is 23.9 Å². The fourth-order valence-electron chi connectivity index (χ4n) is 2.98. The van der Waals surface area contributed by atoms with E-state index in [0.29, 0.717) is 34.2 Å². The van der Waals surface area contributed by atoms with Gasteiger partial charge in [0.15, 0.2) is 16.3 Å². The van der Waals surface area contributed by atoms with Crippen molar-refractivity contribution >= 4 is 39.2 Å². The quantitative estimate of drug-likeness (QED) is 0.340. The van der Waals surface area contributed by atoms with Crippen LogP contribution in [0.3, 0.4) is 0 Å². The molecule has 0 saturated carbocycles. The molecular weight excluding hydrogens is 410 g/mol. The number of fused-ring (bicyclic) bond motifs is 2. The monoisotopic (exact) mass is 427 g/mol. The van der Waals surface area contributed by atoms with Crippen molar-refractivity contribution in [3.05, 3.63) is 63.0 Å². The molecule has 0 fully saturated rings. The minimum Gasteiger partial charge on any atom is -0.454 e. The lowest BCUT2D eigenvalue weighted by molar-refractivity contribution is -0.384. The molecule has 0 atom stereocenters. The molecule has 4 rings (SSSR count). The Morgan fingerprint density at radius 3 is 2.93 bits per heavy atom. The number of carbonyl (C=O) groups excluding carboxylic acids is 1. The number of carbonyl (C=O) groups is 1. The molecule has 9 nitrogen and oxygen atoms in total. The van der Waals surface area contributed by atoms with Crippen LogP contribution in [0.2, 0.25) is 0 Å². The highest BCUT2D eigenvalue weighted by Crippen LogP contribution is 2.32. The summed E-state index contributed by atoms with van der Waals surface area (Å²) >= 11 is 1.22. The highest BCUT2D eigenvalue weighted by atomic mass is 32.1. The maximum atomic E-state index is 12.4. The van der Waals surface area contributed by atoms with Crippen molar-refractivity contribution in [1.82, 2.24) is 4.57 Å². The number of methoxy groups -OCH3 is 1. The van der Waals surface area contributed by atoms with Crippen LogP contribution in [0.25, 0.3) is 16.3 Å². The van der Waals surface area contributed by atoms with E-state index in [1.165, 1.54) is 29.5 Å². The third-order valence-corrected chi connectivity index (χ3v) is 5.46. The molecular formula is C20H17N3O6S. The molecule has 3 aromatic rings. The fourth-order valence-corrected chi connectivity index (χ4v) is 4.07. The van der Waals surface area contributed by atoms with Crippen molar-refractivity contribution in [2.75, 3.05) is 20.5 Å². The number of nitro groups is 1. The van der Waals surface area contributed by atoms with E-state index in [0.717, 1.165) is 11.1 Å². The minimum absolute atomic E-state index is 0.0109. The summed E-state index contributed by atoms with van der Waals surface area (Å²) in [6.45, 7) is 1.06. The van der Waals surface area contributed by atoms with Gasteiger partial charge in [0.2, 0.25) is 6.79 Å². The average Bonchev–Trinajstić information content (AvgIpc) is 3.33. The Bertz CT molecular complexity index is 1230. The van der Waals surface area contributed by atoms with Crippen LogP contribution in [0.1, 0.15) is 5.56 Å². The van der Waals surface area contributed by atoms with Crippen molar-refractivity contribution in [3.63, 3.8) is 0 Å². The Kier molecular flexibility index (Phi) is 5.59. The number of nitro benzene ring substituents is 1. The molecule has 2 aromatic carbocycles. The van der Waals surface area contributed by atoms with Crippen LogP contribution < -0.4 is 14.3 Å². The van der Waals surface area contributed by atoms with Crippen LogP contribution in [0, 0.1) is 10.1 Å². The van der Waals surface area contributed by atoms with Crippen LogP contribution in [0.15, 0.2) is 47.5 Å². The Balaban J connectivity index is 1.66. The molecule has 0 spiro atoms. The molecule has 30 heavy (non-hydrogen) atoms. The summed E-state index contributed by atoms with van der Waals surface area (Å²) in [5.41, 5.74) is 1.53. The molecule has 154 valence electrons. The fraction of sp³-hybridized carbons (Fsp3) is 0.200. The second kappa shape index (κ2) is 8.47. The normalized spacial score (nSPS) is 13.4. The third kappa shape index (κ3) is 4.09. The smallest absolute Gasteiger partial charge is 0.272 e. The number of hydrogen-bond donors (Lipinski definition) is 0. The summed E-state index contributed by atoms with van der Waals surface area (Å²) in [7, 11) is 1.58. The van der Waals surface area contributed by atoms with Gasteiger partial charge >= 0.3 is 0 Å². The van der Waals surface area contributed by atoms with Crippen molar-refractivity contribution in [3.8, 4) is 11.5 Å². The largest absolute Gasteiger partial charge is 0.454 e. The van der Waals surface area contributed by atoms with E-state index in [1.807, 2.05) is 10.6 Å². The van der Waals surface area contributed by atoms with E-state index >= 15 is 0 Å². The first-order valence-corrected chi connectivity index (χ1v) is 9.80. The first kappa shape index (κ1) is 19.8. The van der Waals surface area contributed by atoms with Crippen molar-refractivity contribution in [2.24, 2.45) is 4.99 Å². The van der Waals surface area contributed by atoms with Crippen LogP contribution in [0.4, 0.5) is 5.69 Å². The zero-order valence-corrected chi connectivity index (χ0v) is 16.8. The number of non-ortho nitro benzene ring substituents is 1. The van der Waals surface area contributed by atoms with Crippen molar-refractivity contribution in [2.45, 2.75) is 6.54 Å². The lowest BCUT2D eigenvalue weighted by atomic mass is 10.2. The first-order valence-electron chi connectivity index (χ1n) is 8.98. The molecule has 0 radical (unpaired) electrons. The number of benzene rings is 2. The van der Waals surface area contributed by atoms with E-state index in [1.54, 1.807) is 31.4 Å². The first-order chi connectivity index (χ1) is 14.5. The second-order valence-electron chi connectivity index (χ2n) is 6.33. The topological polar surface area (TPSA) is 105 Å². The molecule has 10 heteroatoms. The van der Waals surface area contributed by atoms with Gasteiger partial charge in [-0.05, 0) is 29.8 Å². The third-order valence-electron chi connectivity index (χ3n) is 4.42. The number of hydrogen-bond acceptors (Lipinski definition) is 7. The van der Waals surface area contributed by atoms with Gasteiger partial charge in [0.05, 0.1) is 21.7 Å². The summed E-state index contributed by atoms with van der Waals surface area (Å²) in [6, 6.07) is 9.95. The van der Waals surface area contributed by atoms with Crippen LogP contribution >= 0.6 is 11.3 Å². The standard InChI is InChI=1S/C20H17N3O6S/c1-27-9-8-22-15-5-4-14(23(25)26)11-18(15)30-20(22)21-19(24)7-3-13-2-6-16-17(10-13)29-12-28-16/h2-7,10-11H,8-9,12H2,1H3. The summed E-state index contributed by atoms with van der Waals surface area (Å²) in [4.78, 5) is 27.7. The van der Waals surface area contributed by atoms with Gasteiger partial charge in [0.25, 0.3) is 11.6 Å². The van der Waals surface area contributed by atoms with Gasteiger partial charge in [0, 0.05) is 31.9 Å². The predicted molar refractivity (Wildman–Crippen MR) is 111 cm³/mol. The SMILES string of the molecule is COCCn1c(=NC(=O)C=Cc2ccc3c(c2)OCO3)sc2cc([N+](=O)[O-])ccc21. The second-order valence-corrected chi connectivity index (χ2v) is 7.34. The number of thiazole rings is 1. The summed E-state index contributed by atoms with van der Waals surface area (Å²) in [6.07, 6.45) is 3.01. The number of aromatic nitrogens is 1. The van der Waals surface area contributed by atoms with Crippen molar-refractivity contribution in [1.29, 1.82) is 0 Å². The highest BCUT2D eigenvalue weighted by molar-refractivity contribution is 7.16. The Morgan fingerprint density at radius 1 is 1.30 bits per heavy atom. The molecule has 2 heterocycles. The molecule has 0 N–H and O–H groups in total. The van der Waals surface area contributed by atoms with Crippen LogP contribution in [0.5, 0.6) is 11.5 Å². The molecule has 1 aliphatic rings. The summed E-state index contributed by atoms with van der Waals surface area (Å²) in [5.74, 6) is 0.853. The molecule has 1 amide bonds. The van der Waals surface area contributed by atoms with E-state index in [9.17, 15) is 14.9 Å². The molecule has 0 saturated heterocycles. The maximum absolute atomic E-state index is 12.4. The lowest BCUT2D eigenvalue weighted by Crippen LogP contribution is -2.18. The summed E-state index contributed by atoms with van der Waals surface area (Å²) in [5, 5.41) is 11.1. The zero-order valence-electron chi connectivity index (χ0n) is 15.9. The highest BCUT2D eigenvalue weighted by Gasteiger charge is 2.13. The minimum atomic E-state index is -0.450. The van der Waals surface area contributed by atoms with E-state index < -0.39 is 10.8 Å². The van der Waals surface area contributed by atoms with Gasteiger partial charge in [0.1, 0.15) is 0 Å². The van der Waals surface area contributed by atoms with Gasteiger partial charge in [-0.3, -0.25) is 14.9 Å². The van der Waals surface area contributed by atoms with E-state index in [-0.39, 0.29) is 12.5 Å². The lowest BCUT2D eigenvalue weighted by Gasteiger charge is -2.03. The van der Waals surface area contributed by atoms with Gasteiger partial charge in [-0.1, -0.05) is 17.4 Å². The number of amides is 1. The van der Waals surface area contributed by atoms with Gasteiger partial charge < -0.3 is 18.8 Å². The number of rotatable bonds is 6. The Morgan fingerprint density at radius 2 is 2.13 bits per heavy atom. The molecule has 0 aliphatic carbocycles. The average molecular weight is 427 g/mol. The predicted octanol–water partition coefficient (Wildman–Crippen LogP) is 3.13. The van der Waals surface area contributed by atoms with Crippen LogP contribution in [-0.4, -0.2) is 35.9 Å². The summed E-state index contributed by atoms with van der Waals surface area (Å²) < 4.78 is 18.2. The molecule has 0 unspecified atom stereocenters. The molecule has 0 bridgehead atoms. The Hall–Kier alpha value is -3.50. The zero-order chi connectivity index (χ0) is 21.1. The van der Waals surface area contributed by atoms with Gasteiger partial charge in [-0.2, -0.15) is 4.99 Å². The van der Waals surface area contributed by atoms with Gasteiger partial charge in [-0.15, -0.1) is 0 Å². The van der Waals surface area contributed by atoms with Crippen LogP contribution in [-0.2, 0) is 16.1 Å². The Labute approximate surface area is 174 Å². The molecule has 1 aromatic heterocycles. The number of nitrogens with zero attached hydrogens (tertiary/aromatic N) is 3. The number of ether oxygens (including phenoxy) is 3. The van der Waals surface area contributed by atoms with E-state index in [2.05, 4.69) is 4.99 Å². The van der Waals surface area contributed by atoms with E-state index in [4.69, 9.17) is 14.2 Å². The maximum Gasteiger partial charge on any atom is 0.272 e. The molecule has 1 aliphatic heterocycles. The van der Waals surface area contributed by atoms with Gasteiger partial charge in [-0.25, -0.2) is 0 Å².